The van der Waals surface area contributed by atoms with E-state index in [1.54, 1.807) is 18.3 Å². The highest BCUT2D eigenvalue weighted by Crippen LogP contribution is 2.32. The molecule has 1 aromatic carbocycles. The number of hydrogen-bond donors (Lipinski definition) is 1. The maximum Gasteiger partial charge on any atom is 0.137 e. The molecule has 2 nitrogen and oxygen atoms in total. The Balaban J connectivity index is 2.26. The molecule has 2 N–H and O–H groups in total. The molecule has 0 aliphatic rings. The van der Waals surface area contributed by atoms with Crippen molar-refractivity contribution in [3.8, 4) is 0 Å². The fraction of sp³-hybridized carbons (Fsp3) is 0. The van der Waals surface area contributed by atoms with Gasteiger partial charge < -0.3 is 5.73 Å². The van der Waals surface area contributed by atoms with E-state index in [0.29, 0.717) is 5.82 Å². The van der Waals surface area contributed by atoms with Gasteiger partial charge in [0.2, 0.25) is 0 Å². The Labute approximate surface area is 105 Å². The van der Waals surface area contributed by atoms with E-state index in [9.17, 15) is 4.39 Å². The van der Waals surface area contributed by atoms with Crippen molar-refractivity contribution in [2.45, 2.75) is 9.79 Å². The lowest BCUT2D eigenvalue weighted by Gasteiger charge is -2.04. The summed E-state index contributed by atoms with van der Waals surface area (Å²) in [5.41, 5.74) is 5.74. The molecule has 1 aromatic heterocycles. The normalized spacial score (nSPS) is 10.4. The predicted octanol–water partition coefficient (Wildman–Crippen LogP) is 3.72. The first-order chi connectivity index (χ1) is 7.65. The standard InChI is InChI=1S/C11H8BrFN2S/c12-7-5-10(11(14)15-6-7)16-9-3-1-8(13)2-4-9/h1-6H,(H2,14,15). The molecule has 0 bridgehead atoms. The van der Waals surface area contributed by atoms with Crippen molar-refractivity contribution in [2.75, 3.05) is 5.73 Å². The van der Waals surface area contributed by atoms with Crippen molar-refractivity contribution in [3.05, 3.63) is 46.8 Å². The van der Waals surface area contributed by atoms with Gasteiger partial charge in [0.15, 0.2) is 0 Å². The minimum absolute atomic E-state index is 0.246. The Hall–Kier alpha value is -1.07. The summed E-state index contributed by atoms with van der Waals surface area (Å²) >= 11 is 4.78. The van der Waals surface area contributed by atoms with E-state index in [4.69, 9.17) is 5.73 Å². The molecule has 0 saturated carbocycles. The van der Waals surface area contributed by atoms with Gasteiger partial charge in [-0.1, -0.05) is 11.8 Å². The molecule has 0 aliphatic heterocycles. The van der Waals surface area contributed by atoms with Crippen LogP contribution in [0.15, 0.2) is 50.8 Å². The van der Waals surface area contributed by atoms with Crippen LogP contribution in [0.5, 0.6) is 0 Å². The molecule has 0 spiro atoms. The van der Waals surface area contributed by atoms with Crippen LogP contribution >= 0.6 is 27.7 Å². The van der Waals surface area contributed by atoms with Crippen LogP contribution < -0.4 is 5.73 Å². The maximum absolute atomic E-state index is 12.7. The lowest BCUT2D eigenvalue weighted by Crippen LogP contribution is -1.92. The van der Waals surface area contributed by atoms with Gasteiger partial charge in [0.25, 0.3) is 0 Å². The summed E-state index contributed by atoms with van der Waals surface area (Å²) in [4.78, 5) is 5.80. The number of halogens is 2. The van der Waals surface area contributed by atoms with Crippen molar-refractivity contribution in [1.29, 1.82) is 0 Å². The first-order valence-electron chi connectivity index (χ1n) is 4.49. The van der Waals surface area contributed by atoms with Gasteiger partial charge in [-0.3, -0.25) is 0 Å². The monoisotopic (exact) mass is 298 g/mol. The summed E-state index contributed by atoms with van der Waals surface area (Å²) in [6.07, 6.45) is 1.64. The number of aromatic nitrogens is 1. The first kappa shape index (κ1) is 11.4. The fourth-order valence-corrected chi connectivity index (χ4v) is 2.49. The molecule has 0 saturated heterocycles. The topological polar surface area (TPSA) is 38.9 Å². The summed E-state index contributed by atoms with van der Waals surface area (Å²) in [5, 5.41) is 0. The Kier molecular flexibility index (Phi) is 3.46. The molecule has 0 amide bonds. The second kappa shape index (κ2) is 4.84. The van der Waals surface area contributed by atoms with Gasteiger partial charge in [-0.05, 0) is 46.3 Å². The molecular formula is C11H8BrFN2S. The summed E-state index contributed by atoms with van der Waals surface area (Å²) in [6, 6.07) is 8.14. The second-order valence-electron chi connectivity index (χ2n) is 3.09. The van der Waals surface area contributed by atoms with Gasteiger partial charge in [0.1, 0.15) is 11.6 Å². The van der Waals surface area contributed by atoms with Gasteiger partial charge in [-0.25, -0.2) is 9.37 Å². The molecule has 2 rings (SSSR count). The van der Waals surface area contributed by atoms with Gasteiger partial charge in [0, 0.05) is 15.6 Å². The quantitative estimate of drug-likeness (QED) is 0.918. The highest BCUT2D eigenvalue weighted by molar-refractivity contribution is 9.10. The summed E-state index contributed by atoms with van der Waals surface area (Å²) < 4.78 is 13.6. The summed E-state index contributed by atoms with van der Waals surface area (Å²) in [6.45, 7) is 0. The first-order valence-corrected chi connectivity index (χ1v) is 6.10. The van der Waals surface area contributed by atoms with Crippen LogP contribution in [-0.4, -0.2) is 4.98 Å². The highest BCUT2D eigenvalue weighted by Gasteiger charge is 2.04. The van der Waals surface area contributed by atoms with Crippen molar-refractivity contribution in [1.82, 2.24) is 4.98 Å². The zero-order chi connectivity index (χ0) is 11.5. The third kappa shape index (κ3) is 2.74. The third-order valence-electron chi connectivity index (χ3n) is 1.89. The van der Waals surface area contributed by atoms with Crippen LogP contribution in [0.25, 0.3) is 0 Å². The van der Waals surface area contributed by atoms with Gasteiger partial charge >= 0.3 is 0 Å². The minimum atomic E-state index is -0.246. The van der Waals surface area contributed by atoms with E-state index >= 15 is 0 Å². The average Bonchev–Trinajstić information content (AvgIpc) is 2.27. The number of benzene rings is 1. The van der Waals surface area contributed by atoms with Crippen molar-refractivity contribution in [2.24, 2.45) is 0 Å². The van der Waals surface area contributed by atoms with Crippen molar-refractivity contribution >= 4 is 33.5 Å². The van der Waals surface area contributed by atoms with E-state index < -0.39 is 0 Å². The lowest BCUT2D eigenvalue weighted by atomic mass is 10.4. The molecule has 1 heterocycles. The number of nitrogen functional groups attached to an aromatic ring is 1. The highest BCUT2D eigenvalue weighted by atomic mass is 79.9. The molecule has 16 heavy (non-hydrogen) atoms. The van der Waals surface area contributed by atoms with Crippen LogP contribution in [0.4, 0.5) is 10.2 Å². The van der Waals surface area contributed by atoms with Crippen LogP contribution in [0.3, 0.4) is 0 Å². The average molecular weight is 299 g/mol. The molecule has 0 aliphatic carbocycles. The van der Waals surface area contributed by atoms with Crippen LogP contribution in [-0.2, 0) is 0 Å². The Morgan fingerprint density at radius 3 is 2.62 bits per heavy atom. The molecular weight excluding hydrogens is 291 g/mol. The Morgan fingerprint density at radius 1 is 1.25 bits per heavy atom. The van der Waals surface area contributed by atoms with Crippen LogP contribution in [0.1, 0.15) is 0 Å². The number of pyridine rings is 1. The van der Waals surface area contributed by atoms with Crippen molar-refractivity contribution < 1.29 is 4.39 Å². The second-order valence-corrected chi connectivity index (χ2v) is 5.12. The Morgan fingerprint density at radius 2 is 1.94 bits per heavy atom. The number of rotatable bonds is 2. The van der Waals surface area contributed by atoms with Crippen molar-refractivity contribution in [3.63, 3.8) is 0 Å². The van der Waals surface area contributed by atoms with Gasteiger partial charge in [-0.2, -0.15) is 0 Å². The van der Waals surface area contributed by atoms with E-state index in [0.717, 1.165) is 14.3 Å². The van der Waals surface area contributed by atoms with Crippen LogP contribution in [0.2, 0.25) is 0 Å². The largest absolute Gasteiger partial charge is 0.383 e. The zero-order valence-corrected chi connectivity index (χ0v) is 10.6. The van der Waals surface area contributed by atoms with Crippen LogP contribution in [0, 0.1) is 5.82 Å². The van der Waals surface area contributed by atoms with E-state index in [2.05, 4.69) is 20.9 Å². The molecule has 5 heteroatoms. The minimum Gasteiger partial charge on any atom is -0.383 e. The molecule has 2 aromatic rings. The molecule has 0 atom stereocenters. The third-order valence-corrected chi connectivity index (χ3v) is 3.38. The SMILES string of the molecule is Nc1ncc(Br)cc1Sc1ccc(F)cc1. The molecule has 0 radical (unpaired) electrons. The zero-order valence-electron chi connectivity index (χ0n) is 8.15. The summed E-state index contributed by atoms with van der Waals surface area (Å²) in [5.74, 6) is 0.224. The number of nitrogens with two attached hydrogens (primary N) is 1. The van der Waals surface area contributed by atoms with Gasteiger partial charge in [0.05, 0.1) is 4.90 Å². The smallest absolute Gasteiger partial charge is 0.137 e. The predicted molar refractivity (Wildman–Crippen MR) is 66.9 cm³/mol. The fourth-order valence-electron chi connectivity index (χ4n) is 1.14. The molecule has 0 unspecified atom stereocenters. The molecule has 82 valence electrons. The number of nitrogens with zero attached hydrogens (tertiary/aromatic N) is 1. The maximum atomic E-state index is 12.7. The Bertz CT molecular complexity index is 502. The van der Waals surface area contributed by atoms with Gasteiger partial charge in [-0.15, -0.1) is 0 Å². The number of anilines is 1. The summed E-state index contributed by atoms with van der Waals surface area (Å²) in [7, 11) is 0. The lowest BCUT2D eigenvalue weighted by molar-refractivity contribution is 0.626. The molecule has 0 fully saturated rings. The van der Waals surface area contributed by atoms with E-state index in [-0.39, 0.29) is 5.82 Å². The van der Waals surface area contributed by atoms with E-state index in [1.165, 1.54) is 23.9 Å². The van der Waals surface area contributed by atoms with E-state index in [1.807, 2.05) is 6.07 Å². The number of hydrogen-bond acceptors (Lipinski definition) is 3.